The minimum Gasteiger partial charge on any atom is -0.503 e. The lowest BCUT2D eigenvalue weighted by Crippen LogP contribution is -2.18. The maximum absolute atomic E-state index is 12.3. The standard InChI is InChI=1S/C8H7F4NO2/c1-4-2-5(3-9)6(14)7(13-4)15-8(10,11)12/h2,14H,3H2,1H3. The van der Waals surface area contributed by atoms with E-state index in [1.54, 1.807) is 0 Å². The maximum Gasteiger partial charge on any atom is 0.574 e. The molecule has 1 heterocycles. The number of alkyl halides is 4. The van der Waals surface area contributed by atoms with Crippen molar-refractivity contribution in [3.8, 4) is 11.6 Å². The Balaban J connectivity index is 3.12. The Bertz CT molecular complexity index is 364. The number of rotatable bonds is 2. The molecule has 0 saturated heterocycles. The average Bonchev–Trinajstić information content (AvgIpc) is 2.08. The predicted molar refractivity (Wildman–Crippen MR) is 42.1 cm³/mol. The molecule has 15 heavy (non-hydrogen) atoms. The van der Waals surface area contributed by atoms with Gasteiger partial charge in [0, 0.05) is 11.3 Å². The van der Waals surface area contributed by atoms with Crippen LogP contribution in [-0.2, 0) is 6.67 Å². The van der Waals surface area contributed by atoms with Crippen LogP contribution in [-0.4, -0.2) is 16.5 Å². The van der Waals surface area contributed by atoms with Gasteiger partial charge in [-0.25, -0.2) is 9.37 Å². The van der Waals surface area contributed by atoms with Gasteiger partial charge < -0.3 is 9.84 Å². The van der Waals surface area contributed by atoms with Crippen LogP contribution in [0.5, 0.6) is 11.6 Å². The van der Waals surface area contributed by atoms with E-state index >= 15 is 0 Å². The van der Waals surface area contributed by atoms with Gasteiger partial charge in [-0.2, -0.15) is 0 Å². The molecule has 1 aromatic heterocycles. The van der Waals surface area contributed by atoms with Crippen LogP contribution in [0.4, 0.5) is 17.6 Å². The molecular formula is C8H7F4NO2. The molecule has 0 spiro atoms. The van der Waals surface area contributed by atoms with Crippen LogP contribution in [0.3, 0.4) is 0 Å². The van der Waals surface area contributed by atoms with E-state index in [9.17, 15) is 17.6 Å². The van der Waals surface area contributed by atoms with E-state index < -0.39 is 24.7 Å². The topological polar surface area (TPSA) is 42.4 Å². The van der Waals surface area contributed by atoms with Crippen molar-refractivity contribution in [2.24, 2.45) is 0 Å². The summed E-state index contributed by atoms with van der Waals surface area (Å²) in [4.78, 5) is 3.31. The molecule has 0 unspecified atom stereocenters. The Labute approximate surface area is 82.3 Å². The van der Waals surface area contributed by atoms with Gasteiger partial charge in [0.15, 0.2) is 5.75 Å². The lowest BCUT2D eigenvalue weighted by Gasteiger charge is -2.11. The first-order valence-electron chi connectivity index (χ1n) is 3.84. The number of aryl methyl sites for hydroxylation is 1. The van der Waals surface area contributed by atoms with Gasteiger partial charge in [0.1, 0.15) is 6.67 Å². The van der Waals surface area contributed by atoms with E-state index in [4.69, 9.17) is 5.11 Å². The number of ether oxygens (including phenoxy) is 1. The third kappa shape index (κ3) is 2.97. The molecule has 0 aliphatic carbocycles. The largest absolute Gasteiger partial charge is 0.574 e. The Morgan fingerprint density at radius 2 is 2.07 bits per heavy atom. The highest BCUT2D eigenvalue weighted by molar-refractivity contribution is 5.41. The smallest absolute Gasteiger partial charge is 0.503 e. The summed E-state index contributed by atoms with van der Waals surface area (Å²) in [5.74, 6) is -1.96. The maximum atomic E-state index is 12.3. The van der Waals surface area contributed by atoms with Crippen LogP contribution in [0.25, 0.3) is 0 Å². The molecule has 0 bridgehead atoms. The van der Waals surface area contributed by atoms with E-state index in [0.29, 0.717) is 0 Å². The number of nitrogens with zero attached hydrogens (tertiary/aromatic N) is 1. The summed E-state index contributed by atoms with van der Waals surface area (Å²) >= 11 is 0. The van der Waals surface area contributed by atoms with Gasteiger partial charge >= 0.3 is 6.36 Å². The summed E-state index contributed by atoms with van der Waals surface area (Å²) in [6, 6.07) is 1.14. The summed E-state index contributed by atoms with van der Waals surface area (Å²) in [7, 11) is 0. The van der Waals surface area contributed by atoms with Crippen molar-refractivity contribution in [2.45, 2.75) is 20.0 Å². The van der Waals surface area contributed by atoms with Gasteiger partial charge in [-0.1, -0.05) is 0 Å². The van der Waals surface area contributed by atoms with E-state index in [1.807, 2.05) is 0 Å². The Morgan fingerprint density at radius 3 is 2.53 bits per heavy atom. The fraction of sp³-hybridized carbons (Fsp3) is 0.375. The zero-order valence-electron chi connectivity index (χ0n) is 7.60. The molecule has 0 fully saturated rings. The summed E-state index contributed by atoms with van der Waals surface area (Å²) in [6.45, 7) is 0.269. The van der Waals surface area contributed by atoms with Gasteiger partial charge in [0.05, 0.1) is 0 Å². The lowest BCUT2D eigenvalue weighted by molar-refractivity contribution is -0.276. The molecule has 0 aliphatic rings. The summed E-state index contributed by atoms with van der Waals surface area (Å²) in [5.41, 5.74) is -0.165. The van der Waals surface area contributed by atoms with Gasteiger partial charge in [0.25, 0.3) is 5.88 Å². The highest BCUT2D eigenvalue weighted by Gasteiger charge is 2.33. The Hall–Kier alpha value is -1.53. The molecule has 7 heteroatoms. The van der Waals surface area contributed by atoms with Crippen LogP contribution in [0.15, 0.2) is 6.07 Å². The fourth-order valence-electron chi connectivity index (χ4n) is 0.986. The van der Waals surface area contributed by atoms with Crippen LogP contribution >= 0.6 is 0 Å². The number of aromatic nitrogens is 1. The van der Waals surface area contributed by atoms with Gasteiger partial charge in [-0.15, -0.1) is 13.2 Å². The number of hydrogen-bond donors (Lipinski definition) is 1. The second-order valence-corrected chi connectivity index (χ2v) is 2.76. The first-order valence-corrected chi connectivity index (χ1v) is 3.84. The van der Waals surface area contributed by atoms with E-state index in [0.717, 1.165) is 6.07 Å². The molecule has 3 nitrogen and oxygen atoms in total. The zero-order chi connectivity index (χ0) is 11.6. The Morgan fingerprint density at radius 1 is 1.47 bits per heavy atom. The molecule has 0 amide bonds. The van der Waals surface area contributed by atoms with Crippen LogP contribution in [0, 0.1) is 6.92 Å². The summed E-state index contributed by atoms with van der Waals surface area (Å²) in [5, 5.41) is 9.15. The molecule has 0 radical (unpaired) electrons. The molecule has 0 saturated carbocycles. The molecule has 0 aromatic carbocycles. The third-order valence-corrected chi connectivity index (χ3v) is 1.52. The van der Waals surface area contributed by atoms with Crippen molar-refractivity contribution in [3.05, 3.63) is 17.3 Å². The molecule has 0 atom stereocenters. The zero-order valence-corrected chi connectivity index (χ0v) is 7.60. The molecule has 1 aromatic rings. The number of halogens is 4. The molecule has 1 rings (SSSR count). The van der Waals surface area contributed by atoms with Crippen molar-refractivity contribution in [1.29, 1.82) is 0 Å². The average molecular weight is 225 g/mol. The SMILES string of the molecule is Cc1cc(CF)c(O)c(OC(F)(F)F)n1. The quantitative estimate of drug-likeness (QED) is 0.786. The van der Waals surface area contributed by atoms with Crippen LogP contribution < -0.4 is 4.74 Å². The Kier molecular flexibility index (Phi) is 3.01. The minimum atomic E-state index is -4.97. The lowest BCUT2D eigenvalue weighted by atomic mass is 10.2. The van der Waals surface area contributed by atoms with Crippen molar-refractivity contribution in [3.63, 3.8) is 0 Å². The number of hydrogen-bond acceptors (Lipinski definition) is 3. The second-order valence-electron chi connectivity index (χ2n) is 2.76. The number of aromatic hydroxyl groups is 1. The van der Waals surface area contributed by atoms with Crippen molar-refractivity contribution >= 4 is 0 Å². The first kappa shape index (κ1) is 11.5. The fourth-order valence-corrected chi connectivity index (χ4v) is 0.986. The minimum absolute atomic E-state index is 0.125. The van der Waals surface area contributed by atoms with Crippen LogP contribution in [0.2, 0.25) is 0 Å². The van der Waals surface area contributed by atoms with E-state index in [-0.39, 0.29) is 11.3 Å². The first-order chi connectivity index (χ1) is 6.83. The van der Waals surface area contributed by atoms with Gasteiger partial charge in [-0.3, -0.25) is 0 Å². The van der Waals surface area contributed by atoms with Crippen molar-refractivity contribution in [2.75, 3.05) is 0 Å². The third-order valence-electron chi connectivity index (χ3n) is 1.52. The molecule has 0 aliphatic heterocycles. The van der Waals surface area contributed by atoms with E-state index in [1.165, 1.54) is 6.92 Å². The van der Waals surface area contributed by atoms with Gasteiger partial charge in [0.2, 0.25) is 0 Å². The molecule has 84 valence electrons. The van der Waals surface area contributed by atoms with Crippen molar-refractivity contribution in [1.82, 2.24) is 4.98 Å². The highest BCUT2D eigenvalue weighted by Crippen LogP contribution is 2.33. The van der Waals surface area contributed by atoms with Crippen molar-refractivity contribution < 1.29 is 27.4 Å². The highest BCUT2D eigenvalue weighted by atomic mass is 19.4. The normalized spacial score (nSPS) is 11.5. The predicted octanol–water partition coefficient (Wildman–Crippen LogP) is 2.46. The summed E-state index contributed by atoms with van der Waals surface area (Å²) < 4.78 is 51.1. The summed E-state index contributed by atoms with van der Waals surface area (Å²) in [6.07, 6.45) is -4.97. The molecule has 1 N–H and O–H groups in total. The van der Waals surface area contributed by atoms with E-state index in [2.05, 4.69) is 9.72 Å². The van der Waals surface area contributed by atoms with Gasteiger partial charge in [-0.05, 0) is 13.0 Å². The van der Waals surface area contributed by atoms with Crippen LogP contribution in [0.1, 0.15) is 11.3 Å². The monoisotopic (exact) mass is 225 g/mol. The number of pyridine rings is 1. The molecular weight excluding hydrogens is 218 g/mol. The second kappa shape index (κ2) is 3.92.